The van der Waals surface area contributed by atoms with Crippen molar-refractivity contribution in [2.45, 2.75) is 19.9 Å². The molecule has 0 saturated carbocycles. The molecular formula is C10H12I2N2. The lowest BCUT2D eigenvalue weighted by atomic mass is 10.2. The number of halogens is 2. The average Bonchev–Trinajstić information content (AvgIpc) is 2.20. The van der Waals surface area contributed by atoms with Crippen molar-refractivity contribution in [2.24, 2.45) is 3.21 Å². The third-order valence-corrected chi connectivity index (χ3v) is 3.80. The molecule has 14 heavy (non-hydrogen) atoms. The lowest BCUT2D eigenvalue weighted by Crippen LogP contribution is -2.27. The van der Waals surface area contributed by atoms with Crippen LogP contribution < -0.4 is 0 Å². The van der Waals surface area contributed by atoms with Crippen LogP contribution >= 0.6 is 45.7 Å². The van der Waals surface area contributed by atoms with Crippen LogP contribution in [0.15, 0.2) is 33.5 Å². The Morgan fingerprint density at radius 1 is 1.29 bits per heavy atom. The van der Waals surface area contributed by atoms with Crippen LogP contribution in [0.5, 0.6) is 0 Å². The summed E-state index contributed by atoms with van der Waals surface area (Å²) in [5, 5.41) is 0. The molecule has 1 aromatic rings. The zero-order valence-electron chi connectivity index (χ0n) is 8.11. The third kappa shape index (κ3) is 3.08. The summed E-state index contributed by atoms with van der Waals surface area (Å²) in [6.45, 7) is 4.30. The summed E-state index contributed by atoms with van der Waals surface area (Å²) in [5.74, 6) is 1.02. The van der Waals surface area contributed by atoms with Gasteiger partial charge < -0.3 is 0 Å². The first-order chi connectivity index (χ1) is 6.66. The van der Waals surface area contributed by atoms with Gasteiger partial charge >= 0.3 is 0 Å². The lowest BCUT2D eigenvalue weighted by molar-refractivity contribution is 0.588. The minimum atomic E-state index is 0.448. The Balaban J connectivity index is 2.95. The molecule has 0 radical (unpaired) electrons. The van der Waals surface area contributed by atoms with Crippen molar-refractivity contribution >= 4 is 51.6 Å². The summed E-state index contributed by atoms with van der Waals surface area (Å²) in [6, 6.07) is 10.7. The molecular weight excluding hydrogens is 402 g/mol. The van der Waals surface area contributed by atoms with Crippen molar-refractivity contribution in [3.05, 3.63) is 35.9 Å². The van der Waals surface area contributed by atoms with E-state index in [9.17, 15) is 0 Å². The molecule has 2 nitrogen and oxygen atoms in total. The molecule has 0 spiro atoms. The van der Waals surface area contributed by atoms with Crippen LogP contribution in [-0.2, 0) is 0 Å². The fraction of sp³-hybridized carbons (Fsp3) is 0.300. The van der Waals surface area contributed by atoms with Crippen LogP contribution in [0, 0.1) is 0 Å². The second kappa shape index (κ2) is 5.89. The van der Waals surface area contributed by atoms with Crippen LogP contribution in [0.1, 0.15) is 19.4 Å². The monoisotopic (exact) mass is 414 g/mol. The number of benzene rings is 1. The van der Waals surface area contributed by atoms with E-state index in [0.717, 1.165) is 11.4 Å². The van der Waals surface area contributed by atoms with Gasteiger partial charge in [-0.05, 0) is 13.8 Å². The van der Waals surface area contributed by atoms with Crippen LogP contribution in [0.4, 0.5) is 0 Å². The van der Waals surface area contributed by atoms with Crippen LogP contribution in [-0.4, -0.2) is 15.0 Å². The van der Waals surface area contributed by atoms with Gasteiger partial charge in [0.15, 0.2) is 5.84 Å². The zero-order chi connectivity index (χ0) is 10.6. The van der Waals surface area contributed by atoms with E-state index in [1.54, 1.807) is 0 Å². The Labute approximate surface area is 113 Å². The van der Waals surface area contributed by atoms with E-state index >= 15 is 0 Å². The Morgan fingerprint density at radius 3 is 2.29 bits per heavy atom. The highest BCUT2D eigenvalue weighted by Gasteiger charge is 2.12. The van der Waals surface area contributed by atoms with Gasteiger partial charge in [-0.2, -0.15) is 3.21 Å². The SMILES string of the molecule is CC(C)N(I)/C(=N\I)c1ccccc1. The molecule has 1 rings (SSSR count). The Bertz CT molecular complexity index is 309. The van der Waals surface area contributed by atoms with Gasteiger partial charge in [-0.3, -0.25) is 3.11 Å². The minimum absolute atomic E-state index is 0.448. The molecule has 0 heterocycles. The average molecular weight is 414 g/mol. The predicted molar refractivity (Wildman–Crippen MR) is 78.0 cm³/mol. The zero-order valence-corrected chi connectivity index (χ0v) is 12.4. The highest BCUT2D eigenvalue weighted by molar-refractivity contribution is 14.1. The van der Waals surface area contributed by atoms with E-state index in [1.807, 2.05) is 41.1 Å². The topological polar surface area (TPSA) is 15.6 Å². The van der Waals surface area contributed by atoms with Crippen molar-refractivity contribution in [3.63, 3.8) is 0 Å². The molecule has 0 unspecified atom stereocenters. The van der Waals surface area contributed by atoms with Gasteiger partial charge in [0.25, 0.3) is 0 Å². The van der Waals surface area contributed by atoms with Crippen molar-refractivity contribution in [1.82, 2.24) is 3.11 Å². The number of amidine groups is 1. The van der Waals surface area contributed by atoms with Gasteiger partial charge in [0.05, 0.1) is 45.7 Å². The molecule has 4 heteroatoms. The van der Waals surface area contributed by atoms with Gasteiger partial charge in [-0.25, -0.2) is 0 Å². The smallest absolute Gasteiger partial charge is 0.151 e. The molecule has 0 aliphatic carbocycles. The molecule has 0 aromatic heterocycles. The maximum absolute atomic E-state index is 4.28. The van der Waals surface area contributed by atoms with E-state index in [-0.39, 0.29) is 0 Å². The molecule has 0 aliphatic heterocycles. The molecule has 0 aliphatic rings. The van der Waals surface area contributed by atoms with Crippen LogP contribution in [0.3, 0.4) is 0 Å². The highest BCUT2D eigenvalue weighted by Crippen LogP contribution is 2.15. The first kappa shape index (κ1) is 12.2. The second-order valence-electron chi connectivity index (χ2n) is 3.18. The third-order valence-electron chi connectivity index (χ3n) is 1.77. The van der Waals surface area contributed by atoms with E-state index in [2.05, 4.69) is 55.2 Å². The first-order valence-electron chi connectivity index (χ1n) is 4.36. The van der Waals surface area contributed by atoms with Crippen molar-refractivity contribution in [2.75, 3.05) is 0 Å². The standard InChI is InChI=1S/C10H12I2N2/c1-8(2)14(12)10(13-11)9-6-4-3-5-7-9/h3-8H,1-2H3/b13-10-. The number of nitrogens with zero attached hydrogens (tertiary/aromatic N) is 2. The van der Waals surface area contributed by atoms with Gasteiger partial charge in [0.2, 0.25) is 0 Å². The predicted octanol–water partition coefficient (Wildman–Crippen LogP) is 3.84. The molecule has 0 saturated heterocycles. The summed E-state index contributed by atoms with van der Waals surface area (Å²) in [5.41, 5.74) is 1.16. The normalized spacial score (nSPS) is 11.9. The largest absolute Gasteiger partial charge is 0.296 e. The summed E-state index contributed by atoms with van der Waals surface area (Å²) >= 11 is 4.34. The maximum Gasteiger partial charge on any atom is 0.151 e. The quantitative estimate of drug-likeness (QED) is 0.311. The van der Waals surface area contributed by atoms with Gasteiger partial charge in [-0.1, -0.05) is 30.3 Å². The first-order valence-corrected chi connectivity index (χ1v) is 6.29. The minimum Gasteiger partial charge on any atom is -0.296 e. The van der Waals surface area contributed by atoms with Crippen LogP contribution in [0.25, 0.3) is 0 Å². The Morgan fingerprint density at radius 2 is 1.86 bits per heavy atom. The summed E-state index contributed by atoms with van der Waals surface area (Å²) in [4.78, 5) is 0. The van der Waals surface area contributed by atoms with E-state index in [4.69, 9.17) is 0 Å². The number of hydrogen-bond acceptors (Lipinski definition) is 1. The summed E-state index contributed by atoms with van der Waals surface area (Å²) < 4.78 is 6.42. The van der Waals surface area contributed by atoms with Crippen molar-refractivity contribution < 1.29 is 0 Å². The molecule has 76 valence electrons. The summed E-state index contributed by atoms with van der Waals surface area (Å²) in [6.07, 6.45) is 0. The van der Waals surface area contributed by atoms with Gasteiger partial charge in [-0.15, -0.1) is 0 Å². The van der Waals surface area contributed by atoms with Crippen LogP contribution in [0.2, 0.25) is 0 Å². The van der Waals surface area contributed by atoms with Gasteiger partial charge in [0.1, 0.15) is 0 Å². The molecule has 0 N–H and O–H groups in total. The Kier molecular flexibility index (Phi) is 5.14. The molecule has 1 aromatic carbocycles. The van der Waals surface area contributed by atoms with Crippen molar-refractivity contribution in [1.29, 1.82) is 0 Å². The fourth-order valence-electron chi connectivity index (χ4n) is 1.04. The van der Waals surface area contributed by atoms with Gasteiger partial charge in [0, 0.05) is 11.6 Å². The molecule has 0 fully saturated rings. The van der Waals surface area contributed by atoms with Crippen molar-refractivity contribution in [3.8, 4) is 0 Å². The Hall–Kier alpha value is 0.150. The summed E-state index contributed by atoms with van der Waals surface area (Å²) in [7, 11) is 0. The lowest BCUT2D eigenvalue weighted by Gasteiger charge is -2.22. The fourth-order valence-corrected chi connectivity index (χ4v) is 2.35. The van der Waals surface area contributed by atoms with E-state index < -0.39 is 0 Å². The number of rotatable bonds is 2. The molecule has 0 bridgehead atoms. The van der Waals surface area contributed by atoms with E-state index in [1.165, 1.54) is 0 Å². The maximum atomic E-state index is 4.28. The number of hydrogen-bond donors (Lipinski definition) is 0. The molecule has 0 amide bonds. The van der Waals surface area contributed by atoms with E-state index in [0.29, 0.717) is 6.04 Å². The highest BCUT2D eigenvalue weighted by atomic mass is 127. The second-order valence-corrected chi connectivity index (χ2v) is 4.70. The molecule has 0 atom stereocenters.